The van der Waals surface area contributed by atoms with Crippen LogP contribution in [0.5, 0.6) is 11.5 Å². The van der Waals surface area contributed by atoms with Crippen molar-refractivity contribution in [2.75, 3.05) is 0 Å². The molecule has 5 rings (SSSR count). The van der Waals surface area contributed by atoms with Crippen LogP contribution in [0.25, 0.3) is 11.1 Å². The molecule has 4 heteroatoms. The molecule has 0 spiro atoms. The van der Waals surface area contributed by atoms with E-state index in [2.05, 4.69) is 55.1 Å². The van der Waals surface area contributed by atoms with Crippen LogP contribution in [0.3, 0.4) is 0 Å². The Morgan fingerprint density at radius 2 is 1.09 bits per heavy atom. The van der Waals surface area contributed by atoms with E-state index in [1.807, 2.05) is 36.4 Å². The summed E-state index contributed by atoms with van der Waals surface area (Å²) in [6.07, 6.45) is 1.10. The number of hydrogen-bond donors (Lipinski definition) is 0. The Bertz CT molecular complexity index is 1210. The van der Waals surface area contributed by atoms with Gasteiger partial charge >= 0.3 is 11.9 Å². The Hall–Kier alpha value is -4.31. The maximum absolute atomic E-state index is 11.9. The van der Waals surface area contributed by atoms with Gasteiger partial charge < -0.3 is 14.2 Å². The van der Waals surface area contributed by atoms with Gasteiger partial charge in [0, 0.05) is 5.57 Å². The number of ether oxygens (including phenoxy) is 3. The summed E-state index contributed by atoms with van der Waals surface area (Å²) in [5, 5.41) is 0. The molecule has 176 valence electrons. The van der Waals surface area contributed by atoms with Crippen LogP contribution < -0.4 is 9.47 Å². The van der Waals surface area contributed by atoms with E-state index in [-0.39, 0.29) is 5.57 Å². The summed E-state index contributed by atoms with van der Waals surface area (Å²) in [6, 6.07) is 35.3. The van der Waals surface area contributed by atoms with Crippen molar-refractivity contribution in [1.82, 2.24) is 0 Å². The number of hydrogen-bond acceptors (Lipinski definition) is 4. The molecule has 4 aromatic rings. The number of carbonyl (C=O) groups excluding carboxylic acids is 1. The Balaban J connectivity index is 0.000000186. The van der Waals surface area contributed by atoms with E-state index in [0.717, 1.165) is 6.42 Å². The lowest BCUT2D eigenvalue weighted by Crippen LogP contribution is -2.44. The Morgan fingerprint density at radius 1 is 0.686 bits per heavy atom. The molecule has 0 aliphatic heterocycles. The number of carbonyl (C=O) groups is 1. The first-order valence-electron chi connectivity index (χ1n) is 11.5. The molecule has 0 fully saturated rings. The second-order valence-electron chi connectivity index (χ2n) is 8.35. The highest BCUT2D eigenvalue weighted by atomic mass is 16.9. The second-order valence-corrected chi connectivity index (χ2v) is 8.35. The summed E-state index contributed by atoms with van der Waals surface area (Å²) in [6.45, 7) is 6.67. The zero-order valence-corrected chi connectivity index (χ0v) is 19.9. The van der Waals surface area contributed by atoms with Crippen LogP contribution in [0.15, 0.2) is 121 Å². The average Bonchev–Trinajstić information content (AvgIpc) is 3.24. The van der Waals surface area contributed by atoms with E-state index in [1.165, 1.54) is 29.2 Å². The molecule has 0 amide bonds. The largest absolute Gasteiger partial charge is 0.421 e. The zero-order chi connectivity index (χ0) is 24.7. The molecule has 0 heterocycles. The molecule has 0 bridgehead atoms. The second kappa shape index (κ2) is 10.7. The molecular formula is C31H28O4. The fraction of sp³-hybridized carbons (Fsp3) is 0.129. The third-order valence-electron chi connectivity index (χ3n) is 5.43. The van der Waals surface area contributed by atoms with Gasteiger partial charge in [0.15, 0.2) is 0 Å². The smallest absolute Gasteiger partial charge is 0.416 e. The van der Waals surface area contributed by atoms with Crippen LogP contribution in [0.4, 0.5) is 0 Å². The minimum atomic E-state index is -1.60. The highest BCUT2D eigenvalue weighted by Crippen LogP contribution is 2.35. The van der Waals surface area contributed by atoms with Gasteiger partial charge in [0.25, 0.3) is 0 Å². The predicted molar refractivity (Wildman–Crippen MR) is 138 cm³/mol. The van der Waals surface area contributed by atoms with Gasteiger partial charge in [0.1, 0.15) is 11.5 Å². The van der Waals surface area contributed by atoms with Gasteiger partial charge in [-0.2, -0.15) is 0 Å². The van der Waals surface area contributed by atoms with Gasteiger partial charge in [-0.1, -0.05) is 91.5 Å². The number of esters is 1. The first-order valence-corrected chi connectivity index (χ1v) is 11.5. The van der Waals surface area contributed by atoms with Gasteiger partial charge in [-0.3, -0.25) is 0 Å². The monoisotopic (exact) mass is 464 g/mol. The molecule has 4 nitrogen and oxygen atoms in total. The topological polar surface area (TPSA) is 44.8 Å². The van der Waals surface area contributed by atoms with E-state index in [9.17, 15) is 4.79 Å². The van der Waals surface area contributed by atoms with Crippen molar-refractivity contribution in [2.45, 2.75) is 26.2 Å². The van der Waals surface area contributed by atoms with Crippen LogP contribution in [0.2, 0.25) is 0 Å². The van der Waals surface area contributed by atoms with E-state index >= 15 is 0 Å². The fourth-order valence-corrected chi connectivity index (χ4v) is 3.80. The molecule has 0 atom stereocenters. The third kappa shape index (κ3) is 6.18. The highest BCUT2D eigenvalue weighted by molar-refractivity contribution is 5.87. The number of benzene rings is 4. The van der Waals surface area contributed by atoms with Gasteiger partial charge in [0.2, 0.25) is 0 Å². The third-order valence-corrected chi connectivity index (χ3v) is 5.43. The minimum Gasteiger partial charge on any atom is -0.421 e. The molecule has 0 N–H and O–H groups in total. The summed E-state index contributed by atoms with van der Waals surface area (Å²) < 4.78 is 16.8. The lowest BCUT2D eigenvalue weighted by atomic mass is 10.1. The van der Waals surface area contributed by atoms with Crippen LogP contribution in [-0.4, -0.2) is 11.9 Å². The molecular weight excluding hydrogens is 436 g/mol. The van der Waals surface area contributed by atoms with E-state index in [1.54, 1.807) is 31.2 Å². The lowest BCUT2D eigenvalue weighted by molar-refractivity contribution is -0.271. The summed E-state index contributed by atoms with van der Waals surface area (Å²) >= 11 is 0. The van der Waals surface area contributed by atoms with Crippen molar-refractivity contribution >= 4 is 5.97 Å². The fourth-order valence-electron chi connectivity index (χ4n) is 3.80. The van der Waals surface area contributed by atoms with E-state index in [4.69, 9.17) is 14.2 Å². The quantitative estimate of drug-likeness (QED) is 0.151. The van der Waals surface area contributed by atoms with Crippen LogP contribution >= 0.6 is 0 Å². The van der Waals surface area contributed by atoms with Crippen molar-refractivity contribution in [1.29, 1.82) is 0 Å². The summed E-state index contributed by atoms with van der Waals surface area (Å²) in [7, 11) is 0. The molecule has 0 saturated heterocycles. The van der Waals surface area contributed by atoms with Crippen molar-refractivity contribution in [2.24, 2.45) is 0 Å². The Kier molecular flexibility index (Phi) is 7.32. The maximum Gasteiger partial charge on any atom is 0.416 e. The SMILES string of the molecule is C=C(C)C(=O)OC(C)(Oc1ccccc1)Oc1ccccc1.c1ccc2c(c1)Cc1ccccc1-2. The number of rotatable bonds is 6. The normalized spacial score (nSPS) is 11.3. The summed E-state index contributed by atoms with van der Waals surface area (Å²) in [5.41, 5.74) is 6.02. The lowest BCUT2D eigenvalue weighted by Gasteiger charge is -2.30. The molecule has 35 heavy (non-hydrogen) atoms. The molecule has 0 saturated carbocycles. The van der Waals surface area contributed by atoms with Crippen molar-refractivity contribution in [3.8, 4) is 22.6 Å². The molecule has 0 aromatic heterocycles. The maximum atomic E-state index is 11.9. The van der Waals surface area contributed by atoms with Crippen molar-refractivity contribution in [3.63, 3.8) is 0 Å². The van der Waals surface area contributed by atoms with Gasteiger partial charge in [-0.15, -0.1) is 0 Å². The molecule has 0 radical (unpaired) electrons. The average molecular weight is 465 g/mol. The minimum absolute atomic E-state index is 0.263. The molecule has 0 unspecified atom stereocenters. The standard InChI is InChI=1S/C18H18O4.C13H10/c1-14(2)17(19)22-18(3,20-15-10-6-4-7-11-15)21-16-12-8-5-9-13-16;1-3-7-12-10(5-1)9-11-6-2-4-8-13(11)12/h4-13H,1H2,2-3H3;1-8H,9H2. The summed E-state index contributed by atoms with van der Waals surface area (Å²) in [4.78, 5) is 11.9. The van der Waals surface area contributed by atoms with Gasteiger partial charge in [-0.05, 0) is 59.9 Å². The zero-order valence-electron chi connectivity index (χ0n) is 19.9. The molecule has 1 aliphatic rings. The Labute approximate surface area is 206 Å². The number of para-hydroxylation sites is 2. The summed E-state index contributed by atoms with van der Waals surface area (Å²) in [5.74, 6) is -1.14. The van der Waals surface area contributed by atoms with Crippen LogP contribution in [0.1, 0.15) is 25.0 Å². The van der Waals surface area contributed by atoms with Gasteiger partial charge in [0.05, 0.1) is 6.92 Å². The van der Waals surface area contributed by atoms with Crippen molar-refractivity contribution < 1.29 is 19.0 Å². The highest BCUT2D eigenvalue weighted by Gasteiger charge is 2.34. The van der Waals surface area contributed by atoms with Crippen molar-refractivity contribution in [3.05, 3.63) is 132 Å². The van der Waals surface area contributed by atoms with E-state index < -0.39 is 11.9 Å². The molecule has 4 aromatic carbocycles. The van der Waals surface area contributed by atoms with Crippen LogP contribution in [-0.2, 0) is 16.0 Å². The molecule has 1 aliphatic carbocycles. The predicted octanol–water partition coefficient (Wildman–Crippen LogP) is 7.20. The number of fused-ring (bicyclic) bond motifs is 3. The van der Waals surface area contributed by atoms with Crippen LogP contribution in [0, 0.1) is 0 Å². The first-order chi connectivity index (χ1) is 16.9. The van der Waals surface area contributed by atoms with Gasteiger partial charge in [-0.25, -0.2) is 4.79 Å². The van der Waals surface area contributed by atoms with E-state index in [0.29, 0.717) is 11.5 Å². The Morgan fingerprint density at radius 3 is 1.51 bits per heavy atom. The first kappa shape index (κ1) is 23.8.